The maximum absolute atomic E-state index is 3.52. The van der Waals surface area contributed by atoms with Gasteiger partial charge in [-0.1, -0.05) is 40.9 Å². The minimum absolute atomic E-state index is 0.986. The van der Waals surface area contributed by atoms with Crippen molar-refractivity contribution in [2.24, 2.45) is 17.8 Å². The Bertz CT molecular complexity index is 408. The average Bonchev–Trinajstić information content (AvgIpc) is 2.56. The van der Waals surface area contributed by atoms with Crippen LogP contribution in [0.2, 0.25) is 0 Å². The van der Waals surface area contributed by atoms with E-state index in [1.54, 1.807) is 0 Å². The van der Waals surface area contributed by atoms with Crippen LogP contribution in [0, 0.1) is 24.2 Å². The number of aryl methyl sites for hydroxylation is 1. The summed E-state index contributed by atoms with van der Waals surface area (Å²) < 4.78 is 1.19. The first-order valence-corrected chi connectivity index (χ1v) is 9.66. The van der Waals surface area contributed by atoms with Crippen molar-refractivity contribution in [1.29, 1.82) is 0 Å². The van der Waals surface area contributed by atoms with Crippen LogP contribution in [0.5, 0.6) is 0 Å². The Hall–Kier alpha value is -0.300. The van der Waals surface area contributed by atoms with Gasteiger partial charge in [0.25, 0.3) is 0 Å². The molecule has 2 fully saturated rings. The first-order valence-electron chi connectivity index (χ1n) is 8.87. The summed E-state index contributed by atoms with van der Waals surface area (Å²) in [6.07, 6.45) is 16.9. The molecule has 0 nitrogen and oxygen atoms in total. The van der Waals surface area contributed by atoms with E-state index < -0.39 is 0 Å². The van der Waals surface area contributed by atoms with E-state index in [1.165, 1.54) is 74.2 Å². The van der Waals surface area contributed by atoms with Crippen molar-refractivity contribution < 1.29 is 0 Å². The van der Waals surface area contributed by atoms with E-state index in [0.717, 1.165) is 17.8 Å². The molecule has 3 rings (SSSR count). The predicted octanol–water partition coefficient (Wildman–Crippen LogP) is 6.58. The van der Waals surface area contributed by atoms with Gasteiger partial charge in [-0.3, -0.25) is 0 Å². The van der Waals surface area contributed by atoms with E-state index in [-0.39, 0.29) is 0 Å². The third-order valence-corrected chi connectivity index (χ3v) is 6.32. The van der Waals surface area contributed by atoms with Crippen LogP contribution in [0.25, 0.3) is 0 Å². The van der Waals surface area contributed by atoms with Gasteiger partial charge in [0, 0.05) is 4.47 Å². The summed E-state index contributed by atoms with van der Waals surface area (Å²) in [5.41, 5.74) is 1.50. The Morgan fingerprint density at radius 3 is 2.10 bits per heavy atom. The first kappa shape index (κ1) is 15.6. The number of rotatable bonds is 4. The average molecular weight is 348 g/mol. The van der Waals surface area contributed by atoms with Crippen LogP contribution in [0.4, 0.5) is 0 Å². The van der Waals surface area contributed by atoms with Gasteiger partial charge < -0.3 is 0 Å². The van der Waals surface area contributed by atoms with E-state index in [4.69, 9.17) is 0 Å². The third-order valence-electron chi connectivity index (χ3n) is 5.80. The summed E-state index contributed by atoms with van der Waals surface area (Å²) in [5.74, 6) is 3.10. The molecule has 0 heterocycles. The lowest BCUT2D eigenvalue weighted by Crippen LogP contribution is -2.23. The van der Waals surface area contributed by atoms with E-state index in [9.17, 15) is 0 Å². The standard InChI is InChI=1S/C20H28Br/c21-20-14-10-17(11-15-20)7-6-16-8-12-19(13-9-16)18-4-2-1-3-5-18/h1,10-11,14-16,18-19H,2-9,12-13H2. The molecule has 0 bridgehead atoms. The number of hydrogen-bond acceptors (Lipinski definition) is 0. The van der Waals surface area contributed by atoms with Crippen LogP contribution < -0.4 is 0 Å². The summed E-state index contributed by atoms with van der Waals surface area (Å²) in [4.78, 5) is 0. The second kappa shape index (κ2) is 7.81. The Morgan fingerprint density at radius 1 is 0.810 bits per heavy atom. The summed E-state index contributed by atoms with van der Waals surface area (Å²) in [5, 5.41) is 0. The molecule has 1 radical (unpaired) electrons. The summed E-state index contributed by atoms with van der Waals surface area (Å²) >= 11 is 3.52. The molecule has 0 unspecified atom stereocenters. The fourth-order valence-corrected chi connectivity index (χ4v) is 4.66. The maximum atomic E-state index is 3.52. The zero-order valence-corrected chi connectivity index (χ0v) is 14.7. The second-order valence-corrected chi connectivity index (χ2v) is 8.07. The van der Waals surface area contributed by atoms with Crippen LogP contribution in [0.3, 0.4) is 0 Å². The molecule has 1 aromatic rings. The van der Waals surface area contributed by atoms with Gasteiger partial charge >= 0.3 is 0 Å². The van der Waals surface area contributed by atoms with Crippen LogP contribution >= 0.6 is 15.9 Å². The molecular formula is C20H28Br. The quantitative estimate of drug-likeness (QED) is 0.576. The second-order valence-electron chi connectivity index (χ2n) is 7.15. The lowest BCUT2D eigenvalue weighted by atomic mass is 9.70. The lowest BCUT2D eigenvalue weighted by molar-refractivity contribution is 0.173. The Labute approximate surface area is 138 Å². The van der Waals surface area contributed by atoms with E-state index in [1.807, 2.05) is 0 Å². The summed E-state index contributed by atoms with van der Waals surface area (Å²) in [6, 6.07) is 8.89. The summed E-state index contributed by atoms with van der Waals surface area (Å²) in [7, 11) is 0. The molecule has 0 saturated heterocycles. The number of benzene rings is 1. The molecule has 0 spiro atoms. The van der Waals surface area contributed by atoms with E-state index in [0.29, 0.717) is 0 Å². The highest BCUT2D eigenvalue weighted by Crippen LogP contribution is 2.40. The zero-order valence-electron chi connectivity index (χ0n) is 13.1. The molecule has 1 aromatic carbocycles. The predicted molar refractivity (Wildman–Crippen MR) is 94.2 cm³/mol. The van der Waals surface area contributed by atoms with Gasteiger partial charge in [0.2, 0.25) is 0 Å². The van der Waals surface area contributed by atoms with Crippen molar-refractivity contribution in [2.45, 2.75) is 64.2 Å². The minimum Gasteiger partial charge on any atom is -0.0579 e. The Balaban J connectivity index is 1.40. The third kappa shape index (κ3) is 4.58. The highest BCUT2D eigenvalue weighted by molar-refractivity contribution is 9.10. The molecule has 0 amide bonds. The molecule has 0 N–H and O–H groups in total. The van der Waals surface area contributed by atoms with E-state index >= 15 is 0 Å². The Morgan fingerprint density at radius 2 is 1.43 bits per heavy atom. The van der Waals surface area contributed by atoms with Crippen LogP contribution in [-0.4, -0.2) is 0 Å². The molecule has 0 aliphatic heterocycles. The highest BCUT2D eigenvalue weighted by Gasteiger charge is 2.28. The molecule has 0 aromatic heterocycles. The van der Waals surface area contributed by atoms with Crippen molar-refractivity contribution >= 4 is 15.9 Å². The molecule has 2 aliphatic carbocycles. The Kier molecular flexibility index (Phi) is 5.80. The number of halogens is 1. The molecule has 1 heteroatoms. The van der Waals surface area contributed by atoms with Crippen molar-refractivity contribution in [3.05, 3.63) is 40.7 Å². The van der Waals surface area contributed by atoms with Gasteiger partial charge in [-0.2, -0.15) is 0 Å². The molecule has 2 saturated carbocycles. The molecule has 2 aliphatic rings. The monoisotopic (exact) mass is 347 g/mol. The fourth-order valence-electron chi connectivity index (χ4n) is 4.39. The molecule has 21 heavy (non-hydrogen) atoms. The van der Waals surface area contributed by atoms with Gasteiger partial charge in [-0.05, 0) is 93.2 Å². The van der Waals surface area contributed by atoms with Crippen LogP contribution in [0.15, 0.2) is 28.7 Å². The smallest absolute Gasteiger partial charge is 0.0175 e. The zero-order chi connectivity index (χ0) is 14.5. The largest absolute Gasteiger partial charge is 0.0579 e. The SMILES string of the molecule is Brc1ccc(CCC2CCC(C3CC[CH]CC3)CC2)cc1. The van der Waals surface area contributed by atoms with Gasteiger partial charge in [0.15, 0.2) is 0 Å². The minimum atomic E-state index is 0.986. The van der Waals surface area contributed by atoms with Crippen LogP contribution in [-0.2, 0) is 6.42 Å². The van der Waals surface area contributed by atoms with Gasteiger partial charge in [-0.25, -0.2) is 0 Å². The van der Waals surface area contributed by atoms with Gasteiger partial charge in [0.1, 0.15) is 0 Å². The highest BCUT2D eigenvalue weighted by atomic mass is 79.9. The number of hydrogen-bond donors (Lipinski definition) is 0. The summed E-state index contributed by atoms with van der Waals surface area (Å²) in [6.45, 7) is 0. The fraction of sp³-hybridized carbons (Fsp3) is 0.650. The van der Waals surface area contributed by atoms with Gasteiger partial charge in [0.05, 0.1) is 0 Å². The lowest BCUT2D eigenvalue weighted by Gasteiger charge is -2.35. The van der Waals surface area contributed by atoms with Crippen LogP contribution in [0.1, 0.15) is 63.4 Å². The van der Waals surface area contributed by atoms with Crippen molar-refractivity contribution in [2.75, 3.05) is 0 Å². The van der Waals surface area contributed by atoms with Crippen molar-refractivity contribution in [3.8, 4) is 0 Å². The molecule has 115 valence electrons. The topological polar surface area (TPSA) is 0 Å². The van der Waals surface area contributed by atoms with E-state index in [2.05, 4.69) is 46.6 Å². The van der Waals surface area contributed by atoms with Crippen molar-refractivity contribution in [3.63, 3.8) is 0 Å². The van der Waals surface area contributed by atoms with Crippen molar-refractivity contribution in [1.82, 2.24) is 0 Å². The first-order chi connectivity index (χ1) is 10.3. The normalized spacial score (nSPS) is 27.7. The maximum Gasteiger partial charge on any atom is 0.0175 e. The molecule has 0 atom stereocenters. The van der Waals surface area contributed by atoms with Gasteiger partial charge in [-0.15, -0.1) is 0 Å². The molecular weight excluding hydrogens is 320 g/mol.